The number of aromatic nitrogens is 1. The molecule has 0 aliphatic rings. The Balaban J connectivity index is 2.03. The van der Waals surface area contributed by atoms with Gasteiger partial charge in [-0.1, -0.05) is 35.6 Å². The Labute approximate surface area is 162 Å². The predicted molar refractivity (Wildman–Crippen MR) is 113 cm³/mol. The van der Waals surface area contributed by atoms with Crippen LogP contribution in [-0.2, 0) is 0 Å². The van der Waals surface area contributed by atoms with Gasteiger partial charge in [-0.25, -0.2) is 4.98 Å². The molecule has 136 valence electrons. The summed E-state index contributed by atoms with van der Waals surface area (Å²) in [5, 5.41) is 0.761. The Morgan fingerprint density at radius 1 is 1.12 bits per heavy atom. The number of anilines is 1. The van der Waals surface area contributed by atoms with E-state index in [2.05, 4.69) is 24.0 Å². The first-order chi connectivity index (χ1) is 12.5. The zero-order valence-electron chi connectivity index (χ0n) is 15.5. The zero-order valence-corrected chi connectivity index (χ0v) is 17.2. The minimum atomic E-state index is 0.00788. The van der Waals surface area contributed by atoms with Crippen molar-refractivity contribution in [2.45, 2.75) is 11.8 Å². The van der Waals surface area contributed by atoms with Gasteiger partial charge in [-0.15, -0.1) is 11.8 Å². The molecule has 0 N–H and O–H groups in total. The number of fused-ring (bicyclic) bond motifs is 1. The predicted octanol–water partition coefficient (Wildman–Crippen LogP) is 4.54. The number of amides is 1. The molecule has 0 spiro atoms. The normalized spacial score (nSPS) is 11.3. The lowest BCUT2D eigenvalue weighted by Gasteiger charge is -2.22. The van der Waals surface area contributed by atoms with E-state index in [-0.39, 0.29) is 5.91 Å². The molecule has 0 atom stereocenters. The maximum absolute atomic E-state index is 13.4. The largest absolute Gasteiger partial charge is 0.308 e. The topological polar surface area (TPSA) is 36.4 Å². The number of rotatable bonds is 6. The van der Waals surface area contributed by atoms with Crippen molar-refractivity contribution < 1.29 is 4.79 Å². The first kappa shape index (κ1) is 18.9. The summed E-state index contributed by atoms with van der Waals surface area (Å²) in [6.45, 7) is 3.44. The number of aryl methyl sites for hydroxylation is 1. The summed E-state index contributed by atoms with van der Waals surface area (Å²) in [5.41, 5.74) is 2.84. The lowest BCUT2D eigenvalue weighted by Crippen LogP contribution is -2.37. The fourth-order valence-corrected chi connectivity index (χ4v) is 4.40. The molecule has 1 heterocycles. The lowest BCUT2D eigenvalue weighted by molar-refractivity contribution is 0.0982. The van der Waals surface area contributed by atoms with Gasteiger partial charge in [-0.3, -0.25) is 9.69 Å². The Hall–Kier alpha value is -1.89. The Morgan fingerprint density at radius 2 is 1.88 bits per heavy atom. The van der Waals surface area contributed by atoms with Crippen LogP contribution in [0, 0.1) is 6.92 Å². The van der Waals surface area contributed by atoms with Crippen molar-refractivity contribution in [2.24, 2.45) is 0 Å². The zero-order chi connectivity index (χ0) is 18.7. The van der Waals surface area contributed by atoms with Gasteiger partial charge in [0.2, 0.25) is 0 Å². The average Bonchev–Trinajstić information content (AvgIpc) is 3.06. The van der Waals surface area contributed by atoms with Gasteiger partial charge < -0.3 is 4.90 Å². The second kappa shape index (κ2) is 8.20. The van der Waals surface area contributed by atoms with E-state index in [1.54, 1.807) is 23.1 Å². The number of hydrogen-bond acceptors (Lipinski definition) is 5. The number of benzene rings is 2. The maximum atomic E-state index is 13.4. The van der Waals surface area contributed by atoms with E-state index in [4.69, 9.17) is 4.98 Å². The van der Waals surface area contributed by atoms with Crippen LogP contribution in [0.15, 0.2) is 47.4 Å². The minimum absolute atomic E-state index is 0.00788. The molecule has 0 saturated carbocycles. The number of para-hydroxylation sites is 1. The Bertz CT molecular complexity index is 920. The van der Waals surface area contributed by atoms with Crippen molar-refractivity contribution in [1.29, 1.82) is 0 Å². The molecule has 4 nitrogen and oxygen atoms in total. The first-order valence-electron chi connectivity index (χ1n) is 8.47. The monoisotopic (exact) mass is 385 g/mol. The van der Waals surface area contributed by atoms with Gasteiger partial charge in [0.15, 0.2) is 5.13 Å². The SMILES string of the molecule is CSc1ccccc1C(=O)N(CCN(C)C)c1nc2c(C)cccc2s1. The molecule has 0 fully saturated rings. The quantitative estimate of drug-likeness (QED) is 0.584. The Kier molecular flexibility index (Phi) is 5.96. The average molecular weight is 386 g/mol. The van der Waals surface area contributed by atoms with E-state index in [1.165, 1.54) is 0 Å². The summed E-state index contributed by atoms with van der Waals surface area (Å²) in [5.74, 6) is 0.00788. The molecule has 0 aliphatic heterocycles. The van der Waals surface area contributed by atoms with Crippen LogP contribution >= 0.6 is 23.1 Å². The number of likely N-dealkylation sites (N-methyl/N-ethyl adjacent to an activating group) is 1. The highest BCUT2D eigenvalue weighted by Gasteiger charge is 2.23. The van der Waals surface area contributed by atoms with E-state index in [0.717, 1.165) is 37.9 Å². The fraction of sp³-hybridized carbons (Fsp3) is 0.300. The van der Waals surface area contributed by atoms with Crippen molar-refractivity contribution in [3.05, 3.63) is 53.6 Å². The van der Waals surface area contributed by atoms with Crippen molar-refractivity contribution in [3.8, 4) is 0 Å². The molecule has 1 aromatic heterocycles. The van der Waals surface area contributed by atoms with E-state index in [9.17, 15) is 4.79 Å². The van der Waals surface area contributed by atoms with Gasteiger partial charge in [0.25, 0.3) is 5.91 Å². The molecule has 0 aliphatic carbocycles. The number of thiazole rings is 1. The van der Waals surface area contributed by atoms with Crippen LogP contribution in [0.4, 0.5) is 5.13 Å². The third-order valence-corrected chi connectivity index (χ3v) is 6.03. The summed E-state index contributed by atoms with van der Waals surface area (Å²) in [4.78, 5) is 23.0. The number of carbonyl (C=O) groups is 1. The van der Waals surface area contributed by atoms with Crippen LogP contribution < -0.4 is 4.90 Å². The highest BCUT2D eigenvalue weighted by molar-refractivity contribution is 7.98. The van der Waals surface area contributed by atoms with Gasteiger partial charge in [0, 0.05) is 18.0 Å². The van der Waals surface area contributed by atoms with Crippen LogP contribution in [0.2, 0.25) is 0 Å². The summed E-state index contributed by atoms with van der Waals surface area (Å²) in [6, 6.07) is 13.9. The summed E-state index contributed by atoms with van der Waals surface area (Å²) >= 11 is 3.17. The molecule has 26 heavy (non-hydrogen) atoms. The summed E-state index contributed by atoms with van der Waals surface area (Å²) < 4.78 is 1.11. The highest BCUT2D eigenvalue weighted by atomic mass is 32.2. The smallest absolute Gasteiger partial charge is 0.261 e. The molecule has 1 amide bonds. The third kappa shape index (κ3) is 3.92. The summed E-state index contributed by atoms with van der Waals surface area (Å²) in [7, 11) is 4.03. The first-order valence-corrected chi connectivity index (χ1v) is 10.5. The molecular formula is C20H23N3OS2. The van der Waals surface area contributed by atoms with Gasteiger partial charge in [-0.2, -0.15) is 0 Å². The van der Waals surface area contributed by atoms with Crippen LogP contribution in [0.1, 0.15) is 15.9 Å². The van der Waals surface area contributed by atoms with Gasteiger partial charge in [0.05, 0.1) is 15.8 Å². The molecule has 3 rings (SSSR count). The van der Waals surface area contributed by atoms with E-state index in [0.29, 0.717) is 6.54 Å². The molecule has 2 aromatic carbocycles. The number of nitrogens with zero attached hydrogens (tertiary/aromatic N) is 3. The van der Waals surface area contributed by atoms with Gasteiger partial charge >= 0.3 is 0 Å². The second-order valence-electron chi connectivity index (χ2n) is 6.38. The molecule has 0 saturated heterocycles. The number of thioether (sulfide) groups is 1. The molecule has 0 bridgehead atoms. The van der Waals surface area contributed by atoms with Crippen LogP contribution in [0.3, 0.4) is 0 Å². The fourth-order valence-electron chi connectivity index (χ4n) is 2.74. The minimum Gasteiger partial charge on any atom is -0.308 e. The van der Waals surface area contributed by atoms with Gasteiger partial charge in [0.1, 0.15) is 0 Å². The number of carbonyl (C=O) groups excluding carboxylic acids is 1. The number of hydrogen-bond donors (Lipinski definition) is 0. The highest BCUT2D eigenvalue weighted by Crippen LogP contribution is 2.32. The van der Waals surface area contributed by atoms with Crippen molar-refractivity contribution in [2.75, 3.05) is 38.3 Å². The molecule has 6 heteroatoms. The maximum Gasteiger partial charge on any atom is 0.261 e. The van der Waals surface area contributed by atoms with Crippen LogP contribution in [-0.4, -0.2) is 49.2 Å². The molecule has 0 radical (unpaired) electrons. The third-order valence-electron chi connectivity index (χ3n) is 4.19. The Morgan fingerprint density at radius 3 is 2.58 bits per heavy atom. The second-order valence-corrected chi connectivity index (χ2v) is 8.24. The standard InChI is InChI=1S/C20H23N3OS2/c1-14-8-7-11-17-18(14)21-20(26-17)23(13-12-22(2)3)19(24)15-9-5-6-10-16(15)25-4/h5-11H,12-13H2,1-4H3. The molecule has 3 aromatic rings. The van der Waals surface area contributed by atoms with E-state index >= 15 is 0 Å². The van der Waals surface area contributed by atoms with Crippen LogP contribution in [0.25, 0.3) is 10.2 Å². The summed E-state index contributed by atoms with van der Waals surface area (Å²) in [6.07, 6.45) is 2.00. The van der Waals surface area contributed by atoms with Gasteiger partial charge in [-0.05, 0) is 51.0 Å². The van der Waals surface area contributed by atoms with E-state index < -0.39 is 0 Å². The van der Waals surface area contributed by atoms with Crippen molar-refractivity contribution in [3.63, 3.8) is 0 Å². The molecular weight excluding hydrogens is 362 g/mol. The van der Waals surface area contributed by atoms with Crippen LogP contribution in [0.5, 0.6) is 0 Å². The molecule has 0 unspecified atom stereocenters. The lowest BCUT2D eigenvalue weighted by atomic mass is 10.2. The van der Waals surface area contributed by atoms with Crippen molar-refractivity contribution >= 4 is 44.4 Å². The van der Waals surface area contributed by atoms with Crippen molar-refractivity contribution in [1.82, 2.24) is 9.88 Å². The van der Waals surface area contributed by atoms with E-state index in [1.807, 2.05) is 55.6 Å².